The van der Waals surface area contributed by atoms with Gasteiger partial charge in [-0.25, -0.2) is 0 Å². The Hall–Kier alpha value is -2.09. The number of hydrogen-bond donors (Lipinski definition) is 3. The average Bonchev–Trinajstić information content (AvgIpc) is 2.86. The van der Waals surface area contributed by atoms with Crippen molar-refractivity contribution in [1.29, 1.82) is 0 Å². The molecule has 0 bridgehead atoms. The molecule has 37 heavy (non-hydrogen) atoms. The second kappa shape index (κ2) is 15.4. The highest BCUT2D eigenvalue weighted by Gasteiger charge is 2.48. The number of primary amides is 1. The molecule has 3 atom stereocenters. The van der Waals surface area contributed by atoms with Crippen LogP contribution in [0.25, 0.3) is 0 Å². The third-order valence-electron chi connectivity index (χ3n) is 6.93. The molecule has 0 aliphatic heterocycles. The molecule has 0 spiro atoms. The Morgan fingerprint density at radius 2 is 1.81 bits per heavy atom. The van der Waals surface area contributed by atoms with Crippen molar-refractivity contribution in [3.63, 3.8) is 0 Å². The van der Waals surface area contributed by atoms with E-state index in [-0.39, 0.29) is 12.3 Å². The summed E-state index contributed by atoms with van der Waals surface area (Å²) in [7, 11) is 0. The largest absolute Gasteiger partial charge is 0.391 e. The smallest absolute Gasteiger partial charge is 0.249 e. The molecule has 2 amide bonds. The van der Waals surface area contributed by atoms with Crippen molar-refractivity contribution in [2.45, 2.75) is 71.3 Å². The molecule has 0 heterocycles. The summed E-state index contributed by atoms with van der Waals surface area (Å²) in [6.45, 7) is 12.9. The van der Waals surface area contributed by atoms with Gasteiger partial charge in [-0.2, -0.15) is 0 Å². The molecule has 1 unspecified atom stereocenters. The highest BCUT2D eigenvalue weighted by Crippen LogP contribution is 2.45. The number of nitrogens with two attached hydrogens (primary N) is 1. The summed E-state index contributed by atoms with van der Waals surface area (Å²) in [4.78, 5) is 29.8. The topological polar surface area (TPSA) is 95.7 Å². The molecule has 206 valence electrons. The van der Waals surface area contributed by atoms with Crippen LogP contribution in [0.4, 0.5) is 0 Å². The van der Waals surface area contributed by atoms with E-state index in [1.807, 2.05) is 54.3 Å². The fourth-order valence-corrected chi connectivity index (χ4v) is 6.24. The first kappa shape index (κ1) is 31.1. The number of hydrogen-bond acceptors (Lipinski definition) is 5. The Labute approximate surface area is 228 Å². The van der Waals surface area contributed by atoms with Crippen molar-refractivity contribution in [1.82, 2.24) is 10.2 Å². The van der Waals surface area contributed by atoms with Crippen LogP contribution in [-0.4, -0.2) is 59.9 Å². The third kappa shape index (κ3) is 9.01. The predicted octanol–water partition coefficient (Wildman–Crippen LogP) is 4.79. The van der Waals surface area contributed by atoms with Crippen LogP contribution in [0.2, 0.25) is 0 Å². The van der Waals surface area contributed by atoms with Gasteiger partial charge in [-0.3, -0.25) is 9.59 Å². The second-order valence-electron chi connectivity index (χ2n) is 10.6. The summed E-state index contributed by atoms with van der Waals surface area (Å²) in [6, 6.07) is 9.97. The van der Waals surface area contributed by atoms with Crippen molar-refractivity contribution in [3.8, 4) is 0 Å². The first-order valence-electron chi connectivity index (χ1n) is 13.7. The van der Waals surface area contributed by atoms with Gasteiger partial charge in [0.05, 0.1) is 11.5 Å². The van der Waals surface area contributed by atoms with E-state index in [0.29, 0.717) is 36.9 Å². The molecule has 1 aliphatic rings. The molecule has 1 aromatic carbocycles. The predicted molar refractivity (Wildman–Crippen MR) is 154 cm³/mol. The van der Waals surface area contributed by atoms with E-state index in [1.54, 1.807) is 11.8 Å². The van der Waals surface area contributed by atoms with Crippen LogP contribution < -0.4 is 11.1 Å². The summed E-state index contributed by atoms with van der Waals surface area (Å²) in [5, 5.41) is 14.8. The summed E-state index contributed by atoms with van der Waals surface area (Å²) in [5.74, 6) is 0.0455. The van der Waals surface area contributed by atoms with Crippen LogP contribution in [0.3, 0.4) is 0 Å². The lowest BCUT2D eigenvalue weighted by molar-refractivity contribution is -0.131. The molecule has 7 heteroatoms. The highest BCUT2D eigenvalue weighted by atomic mass is 32.2. The summed E-state index contributed by atoms with van der Waals surface area (Å²) < 4.78 is 0. The number of amides is 2. The standard InChI is InChI=1S/C30H47N3O3S/c1-6-15-33(16-7-2)28(35)24-17-23(5)18-30(19-24,29(31)36)26(21-37-25-11-9-8-10-12-25)27(34)20-32-14-13-22(3)4/h8-12,17-18,22,26-27,32,34H,6-7,13-16,19-21H2,1-5H3,(H2,31,36)/t26-,27-,30?/m0/s1. The van der Waals surface area contributed by atoms with Gasteiger partial charge in [-0.15, -0.1) is 11.8 Å². The van der Waals surface area contributed by atoms with Gasteiger partial charge in [0.2, 0.25) is 11.8 Å². The van der Waals surface area contributed by atoms with Crippen molar-refractivity contribution in [2.75, 3.05) is 31.9 Å². The number of carbonyl (C=O) groups excluding carboxylic acids is 2. The molecular formula is C30H47N3O3S. The van der Waals surface area contributed by atoms with E-state index >= 15 is 0 Å². The van der Waals surface area contributed by atoms with Crippen molar-refractivity contribution in [3.05, 3.63) is 53.6 Å². The molecule has 2 rings (SSSR count). The van der Waals surface area contributed by atoms with E-state index in [9.17, 15) is 14.7 Å². The molecule has 0 saturated carbocycles. The fraction of sp³-hybridized carbons (Fsp3) is 0.600. The first-order chi connectivity index (χ1) is 17.6. The lowest BCUT2D eigenvalue weighted by Gasteiger charge is -2.41. The second-order valence-corrected chi connectivity index (χ2v) is 11.7. The van der Waals surface area contributed by atoms with Crippen LogP contribution in [0.5, 0.6) is 0 Å². The van der Waals surface area contributed by atoms with Crippen LogP contribution in [0.15, 0.2) is 58.5 Å². The van der Waals surface area contributed by atoms with Gasteiger partial charge in [0.15, 0.2) is 0 Å². The molecule has 0 radical (unpaired) electrons. The van der Waals surface area contributed by atoms with E-state index in [4.69, 9.17) is 5.73 Å². The van der Waals surface area contributed by atoms with E-state index < -0.39 is 23.3 Å². The maximum absolute atomic E-state index is 13.6. The van der Waals surface area contributed by atoms with Gasteiger partial charge in [0.1, 0.15) is 0 Å². The molecule has 0 fully saturated rings. The first-order valence-corrected chi connectivity index (χ1v) is 14.7. The summed E-state index contributed by atoms with van der Waals surface area (Å²) in [6.07, 6.45) is 5.91. The quantitative estimate of drug-likeness (QED) is 0.211. The number of benzene rings is 1. The molecule has 6 nitrogen and oxygen atoms in total. The Morgan fingerprint density at radius 3 is 2.38 bits per heavy atom. The normalized spacial score (nSPS) is 19.2. The number of aliphatic hydroxyl groups excluding tert-OH is 1. The van der Waals surface area contributed by atoms with E-state index in [2.05, 4.69) is 33.0 Å². The monoisotopic (exact) mass is 529 g/mol. The van der Waals surface area contributed by atoms with Gasteiger partial charge in [0, 0.05) is 41.8 Å². The lowest BCUT2D eigenvalue weighted by Crippen LogP contribution is -2.52. The zero-order valence-corrected chi connectivity index (χ0v) is 24.2. The number of nitrogens with one attached hydrogen (secondary N) is 1. The SMILES string of the molecule is CCCN(CCC)C(=O)C1=CC(C)=CC(C(N)=O)([C@@H](CSc2ccccc2)[C@@H](O)CNCCC(C)C)C1. The number of thioether (sulfide) groups is 1. The number of rotatable bonds is 16. The summed E-state index contributed by atoms with van der Waals surface area (Å²) in [5.41, 5.74) is 6.41. The maximum atomic E-state index is 13.6. The number of aliphatic hydroxyl groups is 1. The van der Waals surface area contributed by atoms with E-state index in [0.717, 1.165) is 36.3 Å². The van der Waals surface area contributed by atoms with E-state index in [1.165, 1.54) is 0 Å². The number of carbonyl (C=O) groups is 2. The number of nitrogens with zero attached hydrogens (tertiary/aromatic N) is 1. The van der Waals surface area contributed by atoms with Gasteiger partial charge in [-0.1, -0.05) is 63.6 Å². The van der Waals surface area contributed by atoms with Crippen LogP contribution in [0, 0.1) is 17.3 Å². The molecule has 1 aromatic rings. The van der Waals surface area contributed by atoms with Gasteiger partial charge in [0.25, 0.3) is 0 Å². The maximum Gasteiger partial charge on any atom is 0.249 e. The van der Waals surface area contributed by atoms with Gasteiger partial charge >= 0.3 is 0 Å². The fourth-order valence-electron chi connectivity index (χ4n) is 5.00. The minimum absolute atomic E-state index is 0.0409. The average molecular weight is 530 g/mol. The van der Waals surface area contributed by atoms with Crippen molar-refractivity contribution < 1.29 is 14.7 Å². The van der Waals surface area contributed by atoms with Crippen LogP contribution in [-0.2, 0) is 9.59 Å². The summed E-state index contributed by atoms with van der Waals surface area (Å²) >= 11 is 1.60. The number of allylic oxidation sites excluding steroid dienone is 2. The lowest BCUT2D eigenvalue weighted by atomic mass is 9.65. The third-order valence-corrected chi connectivity index (χ3v) is 8.06. The molecule has 0 saturated heterocycles. The zero-order valence-electron chi connectivity index (χ0n) is 23.3. The Bertz CT molecular complexity index is 925. The van der Waals surface area contributed by atoms with Gasteiger partial charge < -0.3 is 21.1 Å². The van der Waals surface area contributed by atoms with Crippen molar-refractivity contribution >= 4 is 23.6 Å². The van der Waals surface area contributed by atoms with Gasteiger partial charge in [-0.05, 0) is 57.2 Å². The minimum Gasteiger partial charge on any atom is -0.391 e. The molecular weight excluding hydrogens is 482 g/mol. The van der Waals surface area contributed by atoms with Crippen molar-refractivity contribution in [2.24, 2.45) is 23.0 Å². The van der Waals surface area contributed by atoms with Crippen LogP contribution >= 0.6 is 11.8 Å². The Balaban J connectivity index is 2.39. The van der Waals surface area contributed by atoms with Crippen LogP contribution in [0.1, 0.15) is 60.3 Å². The molecule has 0 aromatic heterocycles. The minimum atomic E-state index is -1.16. The zero-order chi connectivity index (χ0) is 27.4. The molecule has 1 aliphatic carbocycles. The Morgan fingerprint density at radius 1 is 1.16 bits per heavy atom. The Kier molecular flexibility index (Phi) is 12.9. The highest BCUT2D eigenvalue weighted by molar-refractivity contribution is 7.99. The molecule has 4 N–H and O–H groups in total.